The normalized spacial score (nSPS) is 14.2. The highest BCUT2D eigenvalue weighted by Crippen LogP contribution is 2.44. The third kappa shape index (κ3) is 8.04. The second-order valence-electron chi connectivity index (χ2n) is 18.9. The number of rotatable bonds is 8. The Morgan fingerprint density at radius 2 is 1.31 bits per heavy atom. The molecule has 308 valence electrons. The molecule has 2 heterocycles. The number of imidazole rings is 1. The van der Waals surface area contributed by atoms with Gasteiger partial charge in [-0.05, 0) is 129 Å². The van der Waals surface area contributed by atoms with E-state index in [1.807, 2.05) is 19.1 Å². The van der Waals surface area contributed by atoms with Gasteiger partial charge in [-0.25, -0.2) is 4.98 Å². The molecule has 4 heteroatoms. The SMILES string of the molecule is [2H]c1c([2H])c(C([2H])([2H])[2H])c([2H])c([2H])c1-c1ccnc(-c2cc(-c3cccc4c3nc(-c3cc(C(C)(C)C)cc(C)c3O)n4-c3ccc(C(C)(C)CC)cc3-c3ccccc3)cc(C(C)(C)C)c2)c1. The summed E-state index contributed by atoms with van der Waals surface area (Å²) in [6.45, 7) is 18.8. The minimum Gasteiger partial charge on any atom is -0.507 e. The van der Waals surface area contributed by atoms with Gasteiger partial charge in [0.2, 0.25) is 0 Å². The predicted octanol–water partition coefficient (Wildman–Crippen LogP) is 15.4. The number of hydrogen-bond acceptors (Lipinski definition) is 3. The summed E-state index contributed by atoms with van der Waals surface area (Å²) in [6, 6.07) is 35.1. The first-order valence-corrected chi connectivity index (χ1v) is 21.1. The molecule has 0 spiro atoms. The lowest BCUT2D eigenvalue weighted by atomic mass is 9.81. The van der Waals surface area contributed by atoms with E-state index in [0.717, 1.165) is 67.6 Å². The minimum atomic E-state index is -2.82. The highest BCUT2D eigenvalue weighted by molar-refractivity contribution is 5.98. The molecule has 8 rings (SSSR count). The van der Waals surface area contributed by atoms with Gasteiger partial charge >= 0.3 is 0 Å². The summed E-state index contributed by atoms with van der Waals surface area (Å²) in [5.41, 5.74) is 11.5. The summed E-state index contributed by atoms with van der Waals surface area (Å²) in [5, 5.41) is 12.1. The number of pyridine rings is 1. The number of benzene rings is 6. The molecule has 0 atom stereocenters. The van der Waals surface area contributed by atoms with Gasteiger partial charge in [-0.3, -0.25) is 9.55 Å². The standard InChI is InChI=1S/C57H59N3O/c1-12-57(10,11)43-25-26-50(47(34-43)39-17-14-13-15-18-39)60-51-20-16-19-46(52(51)59-54(60)48-35-44(55(4,5)6)29-37(3)53(48)61)41-30-42(32-45(31-41)56(7,8)9)49-33-40(27-28-58-49)38-23-21-36(2)22-24-38/h13-35,61H,12H2,1-11H3/i2D3,21D,22D,23D,24D. The van der Waals surface area contributed by atoms with E-state index in [9.17, 15) is 5.11 Å². The number of phenolic OH excluding ortho intramolecular Hbond substituents is 1. The Morgan fingerprint density at radius 3 is 2.00 bits per heavy atom. The van der Waals surface area contributed by atoms with Gasteiger partial charge in [0.1, 0.15) is 11.6 Å². The summed E-state index contributed by atoms with van der Waals surface area (Å²) >= 11 is 0. The summed E-state index contributed by atoms with van der Waals surface area (Å²) in [5.74, 6) is 0.767. The minimum absolute atomic E-state index is 0.00173. The lowest BCUT2D eigenvalue weighted by molar-refractivity contribution is 0.471. The van der Waals surface area contributed by atoms with Crippen LogP contribution in [0.15, 0.2) is 140 Å². The molecule has 0 bridgehead atoms. The third-order valence-corrected chi connectivity index (χ3v) is 12.2. The van der Waals surface area contributed by atoms with Crippen LogP contribution in [0, 0.1) is 13.8 Å². The number of para-hydroxylation sites is 1. The van der Waals surface area contributed by atoms with E-state index in [1.165, 1.54) is 5.56 Å². The van der Waals surface area contributed by atoms with Gasteiger partial charge in [-0.2, -0.15) is 0 Å². The van der Waals surface area contributed by atoms with Crippen LogP contribution < -0.4 is 0 Å². The quantitative estimate of drug-likeness (QED) is 0.166. The van der Waals surface area contributed by atoms with Gasteiger partial charge in [0.05, 0.1) is 33.5 Å². The average Bonchev–Trinajstić information content (AvgIpc) is 3.67. The van der Waals surface area contributed by atoms with E-state index in [4.69, 9.17) is 19.6 Å². The fourth-order valence-corrected chi connectivity index (χ4v) is 7.91. The molecule has 0 aliphatic rings. The topological polar surface area (TPSA) is 50.9 Å². The van der Waals surface area contributed by atoms with Crippen molar-refractivity contribution in [3.05, 3.63) is 167 Å². The molecular formula is C57H59N3O. The molecule has 0 amide bonds. The summed E-state index contributed by atoms with van der Waals surface area (Å²) in [6.07, 6.45) is 2.53. The van der Waals surface area contributed by atoms with E-state index in [1.54, 1.807) is 18.3 Å². The molecule has 0 aliphatic heterocycles. The molecule has 0 radical (unpaired) electrons. The van der Waals surface area contributed by atoms with Gasteiger partial charge in [0.25, 0.3) is 0 Å². The first kappa shape index (κ1) is 33.5. The molecule has 0 unspecified atom stereocenters. The van der Waals surface area contributed by atoms with E-state index in [2.05, 4.69) is 152 Å². The average molecular weight is 809 g/mol. The monoisotopic (exact) mass is 809 g/mol. The number of nitrogens with zero attached hydrogens (tertiary/aromatic N) is 3. The molecule has 0 fully saturated rings. The molecule has 6 aromatic carbocycles. The van der Waals surface area contributed by atoms with Crippen molar-refractivity contribution in [2.75, 3.05) is 0 Å². The van der Waals surface area contributed by atoms with Gasteiger partial charge in [-0.15, -0.1) is 0 Å². The van der Waals surface area contributed by atoms with Crippen molar-refractivity contribution >= 4 is 11.0 Å². The largest absolute Gasteiger partial charge is 0.507 e. The smallest absolute Gasteiger partial charge is 0.149 e. The van der Waals surface area contributed by atoms with Crippen LogP contribution in [-0.2, 0) is 16.2 Å². The highest BCUT2D eigenvalue weighted by Gasteiger charge is 2.27. The Kier molecular flexibility index (Phi) is 8.58. The van der Waals surface area contributed by atoms with E-state index >= 15 is 0 Å². The number of aryl methyl sites for hydroxylation is 1. The van der Waals surface area contributed by atoms with Crippen LogP contribution in [0.4, 0.5) is 0 Å². The fourth-order valence-electron chi connectivity index (χ4n) is 7.91. The molecule has 61 heavy (non-hydrogen) atoms. The van der Waals surface area contributed by atoms with Gasteiger partial charge in [0.15, 0.2) is 0 Å². The molecule has 1 N–H and O–H groups in total. The number of fused-ring (bicyclic) bond motifs is 1. The maximum absolute atomic E-state index is 12.1. The van der Waals surface area contributed by atoms with E-state index in [-0.39, 0.29) is 27.6 Å². The lowest BCUT2D eigenvalue weighted by Crippen LogP contribution is -2.16. The Balaban J connectivity index is 1.42. The second kappa shape index (κ2) is 15.6. The maximum Gasteiger partial charge on any atom is 0.149 e. The molecule has 4 nitrogen and oxygen atoms in total. The predicted molar refractivity (Wildman–Crippen MR) is 258 cm³/mol. The fraction of sp³-hybridized carbons (Fsp3) is 0.263. The Labute approximate surface area is 372 Å². The van der Waals surface area contributed by atoms with Crippen LogP contribution in [0.2, 0.25) is 0 Å². The molecule has 0 saturated carbocycles. The van der Waals surface area contributed by atoms with Crippen LogP contribution in [0.5, 0.6) is 5.75 Å². The zero-order chi connectivity index (χ0) is 49.4. The third-order valence-electron chi connectivity index (χ3n) is 12.2. The van der Waals surface area contributed by atoms with Crippen molar-refractivity contribution < 1.29 is 14.7 Å². The van der Waals surface area contributed by atoms with Crippen LogP contribution >= 0.6 is 0 Å². The zero-order valence-electron chi connectivity index (χ0n) is 44.0. The lowest BCUT2D eigenvalue weighted by Gasteiger charge is -2.26. The number of aromatic nitrogens is 3. The number of aromatic hydroxyl groups is 1. The summed E-state index contributed by atoms with van der Waals surface area (Å²) < 4.78 is 60.8. The van der Waals surface area contributed by atoms with Crippen molar-refractivity contribution in [2.24, 2.45) is 0 Å². The van der Waals surface area contributed by atoms with E-state index < -0.39 is 36.6 Å². The molecule has 8 aromatic rings. The van der Waals surface area contributed by atoms with Crippen LogP contribution in [0.1, 0.15) is 106 Å². The Bertz CT molecular complexity index is 3230. The van der Waals surface area contributed by atoms with E-state index in [0.29, 0.717) is 22.6 Å². The van der Waals surface area contributed by atoms with Crippen LogP contribution in [-0.4, -0.2) is 19.6 Å². The van der Waals surface area contributed by atoms with Crippen molar-refractivity contribution in [1.82, 2.24) is 14.5 Å². The van der Waals surface area contributed by atoms with Gasteiger partial charge in [-0.1, -0.05) is 153 Å². The molecule has 0 aliphatic carbocycles. The maximum atomic E-state index is 12.1. The molecular weight excluding hydrogens is 743 g/mol. The van der Waals surface area contributed by atoms with Crippen LogP contribution in [0.3, 0.4) is 0 Å². The highest BCUT2D eigenvalue weighted by atomic mass is 16.3. The first-order chi connectivity index (χ1) is 31.8. The summed E-state index contributed by atoms with van der Waals surface area (Å²) in [4.78, 5) is 10.3. The molecule has 0 saturated heterocycles. The first-order valence-electron chi connectivity index (χ1n) is 24.6. The van der Waals surface area contributed by atoms with Crippen molar-refractivity contribution in [3.63, 3.8) is 0 Å². The van der Waals surface area contributed by atoms with Crippen molar-refractivity contribution in [1.29, 1.82) is 0 Å². The van der Waals surface area contributed by atoms with Gasteiger partial charge in [0, 0.05) is 27.0 Å². The molecule has 2 aromatic heterocycles. The summed E-state index contributed by atoms with van der Waals surface area (Å²) in [7, 11) is 0. The second-order valence-corrected chi connectivity index (χ2v) is 18.9. The Hall–Kier alpha value is -6.26. The van der Waals surface area contributed by atoms with Crippen molar-refractivity contribution in [3.8, 4) is 67.5 Å². The number of hydrogen-bond donors (Lipinski definition) is 1. The van der Waals surface area contributed by atoms with Crippen molar-refractivity contribution in [2.45, 2.75) is 98.8 Å². The van der Waals surface area contributed by atoms with Gasteiger partial charge < -0.3 is 5.11 Å². The zero-order valence-corrected chi connectivity index (χ0v) is 37.0. The van der Waals surface area contributed by atoms with Crippen LogP contribution in [0.25, 0.3) is 72.7 Å². The Morgan fingerprint density at radius 1 is 0.623 bits per heavy atom. The number of phenols is 1.